The Hall–Kier alpha value is -2.38. The minimum absolute atomic E-state index is 0.0219. The van der Waals surface area contributed by atoms with Crippen molar-refractivity contribution >= 4 is 45.0 Å². The maximum atomic E-state index is 13.3. The largest absolute Gasteiger partial charge is 0.322 e. The van der Waals surface area contributed by atoms with Crippen LogP contribution >= 0.6 is 11.6 Å². The highest BCUT2D eigenvalue weighted by atomic mass is 35.5. The lowest BCUT2D eigenvalue weighted by molar-refractivity contribution is -0.111. The molecule has 2 aromatic rings. The van der Waals surface area contributed by atoms with E-state index >= 15 is 0 Å². The van der Waals surface area contributed by atoms with E-state index in [2.05, 4.69) is 10.0 Å². The lowest BCUT2D eigenvalue weighted by Crippen LogP contribution is -2.09. The second-order valence-electron chi connectivity index (χ2n) is 4.95. The maximum absolute atomic E-state index is 13.3. The van der Waals surface area contributed by atoms with Gasteiger partial charge in [0.15, 0.2) is 0 Å². The molecule has 0 saturated carbocycles. The topological polar surface area (TPSA) is 75.3 Å². The van der Waals surface area contributed by atoms with Crippen LogP contribution in [0.15, 0.2) is 48.5 Å². The van der Waals surface area contributed by atoms with Crippen LogP contribution in [0.5, 0.6) is 0 Å². The van der Waals surface area contributed by atoms with Gasteiger partial charge in [0.1, 0.15) is 5.82 Å². The highest BCUT2D eigenvalue weighted by molar-refractivity contribution is 7.92. The van der Waals surface area contributed by atoms with Crippen LogP contribution in [-0.4, -0.2) is 20.6 Å². The molecule has 2 rings (SSSR count). The molecule has 2 N–H and O–H groups in total. The molecule has 0 aliphatic carbocycles. The molecule has 2 aromatic carbocycles. The SMILES string of the molecule is CS(=O)(=O)Nc1ccc(C=CC(=O)Nc2ccc(Cl)c(F)c2)cc1. The summed E-state index contributed by atoms with van der Waals surface area (Å²) in [6.45, 7) is 0. The summed E-state index contributed by atoms with van der Waals surface area (Å²) < 4.78 is 37.8. The lowest BCUT2D eigenvalue weighted by Gasteiger charge is -2.04. The molecular weight excluding hydrogens is 355 g/mol. The van der Waals surface area contributed by atoms with Gasteiger partial charge in [-0.15, -0.1) is 0 Å². The van der Waals surface area contributed by atoms with Crippen LogP contribution in [0, 0.1) is 5.82 Å². The molecule has 0 aliphatic rings. The van der Waals surface area contributed by atoms with Crippen LogP contribution in [0.3, 0.4) is 0 Å². The zero-order valence-corrected chi connectivity index (χ0v) is 14.2. The predicted octanol–water partition coefficient (Wildman–Crippen LogP) is 3.50. The summed E-state index contributed by atoms with van der Waals surface area (Å²) in [6.07, 6.45) is 3.89. The van der Waals surface area contributed by atoms with E-state index in [1.807, 2.05) is 0 Å². The number of carbonyl (C=O) groups excluding carboxylic acids is 1. The van der Waals surface area contributed by atoms with Gasteiger partial charge in [-0.05, 0) is 42.0 Å². The Morgan fingerprint density at radius 1 is 1.12 bits per heavy atom. The minimum Gasteiger partial charge on any atom is -0.322 e. The summed E-state index contributed by atoms with van der Waals surface area (Å²) in [7, 11) is -3.33. The van der Waals surface area contributed by atoms with E-state index in [9.17, 15) is 17.6 Å². The highest BCUT2D eigenvalue weighted by Crippen LogP contribution is 2.18. The molecule has 0 spiro atoms. The molecule has 0 aromatic heterocycles. The summed E-state index contributed by atoms with van der Waals surface area (Å²) >= 11 is 5.57. The van der Waals surface area contributed by atoms with E-state index in [1.54, 1.807) is 30.3 Å². The molecule has 0 heterocycles. The first-order valence-electron chi connectivity index (χ1n) is 6.75. The van der Waals surface area contributed by atoms with Crippen molar-refractivity contribution in [3.63, 3.8) is 0 Å². The number of carbonyl (C=O) groups is 1. The summed E-state index contributed by atoms with van der Waals surface area (Å²) in [5.74, 6) is -1.05. The second-order valence-corrected chi connectivity index (χ2v) is 7.10. The zero-order chi connectivity index (χ0) is 17.7. The molecule has 0 fully saturated rings. The van der Waals surface area contributed by atoms with Gasteiger partial charge in [-0.25, -0.2) is 12.8 Å². The van der Waals surface area contributed by atoms with Crippen molar-refractivity contribution in [3.8, 4) is 0 Å². The van der Waals surface area contributed by atoms with Crippen molar-refractivity contribution in [2.45, 2.75) is 0 Å². The predicted molar refractivity (Wildman–Crippen MR) is 94.0 cm³/mol. The van der Waals surface area contributed by atoms with Gasteiger partial charge in [0.25, 0.3) is 0 Å². The van der Waals surface area contributed by atoms with Crippen molar-refractivity contribution in [2.75, 3.05) is 16.3 Å². The van der Waals surface area contributed by atoms with E-state index in [-0.39, 0.29) is 5.02 Å². The first kappa shape index (κ1) is 18.0. The molecule has 1 amide bonds. The number of hydrogen-bond donors (Lipinski definition) is 2. The zero-order valence-electron chi connectivity index (χ0n) is 12.6. The van der Waals surface area contributed by atoms with Crippen molar-refractivity contribution in [1.29, 1.82) is 0 Å². The lowest BCUT2D eigenvalue weighted by atomic mass is 10.2. The van der Waals surface area contributed by atoms with Gasteiger partial charge in [0.2, 0.25) is 15.9 Å². The van der Waals surface area contributed by atoms with Gasteiger partial charge in [-0.1, -0.05) is 23.7 Å². The molecule has 8 heteroatoms. The number of halogens is 2. The smallest absolute Gasteiger partial charge is 0.248 e. The third kappa shape index (κ3) is 5.68. The van der Waals surface area contributed by atoms with Crippen LogP contribution in [0.4, 0.5) is 15.8 Å². The van der Waals surface area contributed by atoms with Gasteiger partial charge in [0, 0.05) is 17.5 Å². The molecule has 126 valence electrons. The number of anilines is 2. The Morgan fingerprint density at radius 3 is 2.33 bits per heavy atom. The molecular formula is C16H14ClFN2O3S. The molecule has 0 radical (unpaired) electrons. The molecule has 0 atom stereocenters. The Balaban J connectivity index is 1.99. The third-order valence-corrected chi connectivity index (χ3v) is 3.74. The number of sulfonamides is 1. The van der Waals surface area contributed by atoms with E-state index in [4.69, 9.17) is 11.6 Å². The maximum Gasteiger partial charge on any atom is 0.248 e. The fourth-order valence-corrected chi connectivity index (χ4v) is 2.49. The number of hydrogen-bond acceptors (Lipinski definition) is 3. The summed E-state index contributed by atoms with van der Waals surface area (Å²) in [5.41, 5.74) is 1.42. The number of rotatable bonds is 5. The Morgan fingerprint density at radius 2 is 1.75 bits per heavy atom. The molecule has 5 nitrogen and oxygen atoms in total. The van der Waals surface area contributed by atoms with Crippen LogP contribution in [0.2, 0.25) is 5.02 Å². The van der Waals surface area contributed by atoms with Gasteiger partial charge in [0.05, 0.1) is 11.3 Å². The van der Waals surface area contributed by atoms with E-state index in [0.29, 0.717) is 16.9 Å². The van der Waals surface area contributed by atoms with Crippen molar-refractivity contribution in [1.82, 2.24) is 0 Å². The average molecular weight is 369 g/mol. The average Bonchev–Trinajstić information content (AvgIpc) is 2.49. The quantitative estimate of drug-likeness (QED) is 0.793. The summed E-state index contributed by atoms with van der Waals surface area (Å²) in [4.78, 5) is 11.8. The second kappa shape index (κ2) is 7.46. The molecule has 24 heavy (non-hydrogen) atoms. The van der Waals surface area contributed by atoms with Crippen molar-refractivity contribution in [2.24, 2.45) is 0 Å². The highest BCUT2D eigenvalue weighted by Gasteiger charge is 2.03. The monoisotopic (exact) mass is 368 g/mol. The van der Waals surface area contributed by atoms with Gasteiger partial charge < -0.3 is 5.32 Å². The van der Waals surface area contributed by atoms with E-state index in [0.717, 1.165) is 12.3 Å². The van der Waals surface area contributed by atoms with Gasteiger partial charge >= 0.3 is 0 Å². The first-order chi connectivity index (χ1) is 11.2. The Bertz CT molecular complexity index is 881. The first-order valence-corrected chi connectivity index (χ1v) is 9.02. The van der Waals surface area contributed by atoms with Crippen LogP contribution in [-0.2, 0) is 14.8 Å². The fourth-order valence-electron chi connectivity index (χ4n) is 1.81. The molecule has 0 unspecified atom stereocenters. The number of amides is 1. The molecule has 0 saturated heterocycles. The standard InChI is InChI=1S/C16H14ClFN2O3S/c1-24(22,23)20-12-5-2-11(3-6-12)4-9-16(21)19-13-7-8-14(17)15(18)10-13/h2-10,20H,1H3,(H,19,21). The van der Waals surface area contributed by atoms with E-state index in [1.165, 1.54) is 18.2 Å². The third-order valence-electron chi connectivity index (χ3n) is 2.83. The van der Waals surface area contributed by atoms with Crippen LogP contribution in [0.1, 0.15) is 5.56 Å². The van der Waals surface area contributed by atoms with Crippen molar-refractivity contribution in [3.05, 3.63) is 64.9 Å². The minimum atomic E-state index is -3.33. The Labute approximate surface area is 144 Å². The van der Waals surface area contributed by atoms with Crippen LogP contribution in [0.25, 0.3) is 6.08 Å². The molecule has 0 bridgehead atoms. The summed E-state index contributed by atoms with van der Waals surface area (Å²) in [5, 5.41) is 2.48. The van der Waals surface area contributed by atoms with Crippen LogP contribution < -0.4 is 10.0 Å². The van der Waals surface area contributed by atoms with Crippen molar-refractivity contribution < 1.29 is 17.6 Å². The normalized spacial score (nSPS) is 11.5. The van der Waals surface area contributed by atoms with Gasteiger partial charge in [-0.3, -0.25) is 9.52 Å². The number of nitrogens with one attached hydrogen (secondary N) is 2. The van der Waals surface area contributed by atoms with Gasteiger partial charge in [-0.2, -0.15) is 0 Å². The summed E-state index contributed by atoms with van der Waals surface area (Å²) in [6, 6.07) is 10.4. The Kier molecular flexibility index (Phi) is 5.58. The van der Waals surface area contributed by atoms with E-state index < -0.39 is 21.7 Å². The fraction of sp³-hybridized carbons (Fsp3) is 0.0625. The molecule has 0 aliphatic heterocycles. The number of benzene rings is 2.